The van der Waals surface area contributed by atoms with E-state index < -0.39 is 0 Å². The van der Waals surface area contributed by atoms with Crippen LogP contribution in [0.2, 0.25) is 0 Å². The molecule has 3 aliphatic rings. The Balaban J connectivity index is 1.49. The minimum Gasteiger partial charge on any atom is -0.424 e. The van der Waals surface area contributed by atoms with Crippen LogP contribution in [-0.4, -0.2) is 27.9 Å². The first kappa shape index (κ1) is 30.5. The minimum atomic E-state index is -0.210. The zero-order valence-corrected chi connectivity index (χ0v) is 25.2. The van der Waals surface area contributed by atoms with E-state index in [0.717, 1.165) is 86.6 Å². The van der Waals surface area contributed by atoms with Gasteiger partial charge in [-0.3, -0.25) is 9.59 Å². The molecule has 1 aromatic heterocycles. The van der Waals surface area contributed by atoms with Crippen molar-refractivity contribution in [3.63, 3.8) is 0 Å². The van der Waals surface area contributed by atoms with Crippen LogP contribution in [0.25, 0.3) is 6.08 Å². The summed E-state index contributed by atoms with van der Waals surface area (Å²) in [6, 6.07) is 9.73. The second-order valence-electron chi connectivity index (χ2n) is 11.9. The summed E-state index contributed by atoms with van der Waals surface area (Å²) in [5.41, 5.74) is 5.14. The average Bonchev–Trinajstić information content (AvgIpc) is 3.51. The summed E-state index contributed by atoms with van der Waals surface area (Å²) in [6.45, 7) is 7.53. The van der Waals surface area contributed by atoms with Crippen LogP contribution in [0.4, 0.5) is 0 Å². The molecule has 8 nitrogen and oxygen atoms in total. The molecule has 43 heavy (non-hydrogen) atoms. The third kappa shape index (κ3) is 7.19. The molecule has 2 heterocycles. The molecule has 2 aliphatic carbocycles. The number of benzene rings is 1. The number of carbonyl (C=O) groups is 2. The fourth-order valence-electron chi connectivity index (χ4n) is 6.22. The van der Waals surface area contributed by atoms with Crippen LogP contribution in [0.5, 0.6) is 5.75 Å². The van der Waals surface area contributed by atoms with E-state index in [0.29, 0.717) is 41.5 Å². The first-order valence-corrected chi connectivity index (χ1v) is 15.6. The molecule has 0 amide bonds. The molecule has 0 bridgehead atoms. The van der Waals surface area contributed by atoms with Crippen molar-refractivity contribution in [1.82, 2.24) is 4.98 Å². The largest absolute Gasteiger partial charge is 0.424 e. The van der Waals surface area contributed by atoms with Gasteiger partial charge in [-0.1, -0.05) is 75.4 Å². The summed E-state index contributed by atoms with van der Waals surface area (Å²) in [7, 11) is 0. The molecular formula is C35H42N2O6. The highest BCUT2D eigenvalue weighted by atomic mass is 17.1. The number of allylic oxidation sites excluding steroid dienone is 3. The van der Waals surface area contributed by atoms with Crippen molar-refractivity contribution in [2.24, 2.45) is 16.8 Å². The molecule has 0 atom stereocenters. The molecule has 1 aromatic carbocycles. The summed E-state index contributed by atoms with van der Waals surface area (Å²) >= 11 is 0. The van der Waals surface area contributed by atoms with E-state index in [1.807, 2.05) is 50.3 Å². The van der Waals surface area contributed by atoms with Crippen LogP contribution < -0.4 is 4.74 Å². The maximum absolute atomic E-state index is 13.2. The monoisotopic (exact) mass is 586 g/mol. The Labute approximate surface area is 253 Å². The van der Waals surface area contributed by atoms with E-state index in [-0.39, 0.29) is 29.5 Å². The number of nitrogens with one attached hydrogen (secondary N) is 1. The lowest BCUT2D eigenvalue weighted by molar-refractivity contribution is -0.205. The van der Waals surface area contributed by atoms with Crippen molar-refractivity contribution in [2.75, 3.05) is 0 Å². The smallest absolute Gasteiger partial charge is 0.314 e. The van der Waals surface area contributed by atoms with Crippen molar-refractivity contribution in [2.45, 2.75) is 90.9 Å². The normalized spacial score (nSPS) is 19.0. The van der Waals surface area contributed by atoms with Crippen LogP contribution in [-0.2, 0) is 25.6 Å². The lowest BCUT2D eigenvalue weighted by Gasteiger charge is -2.20. The maximum atomic E-state index is 13.2. The van der Waals surface area contributed by atoms with E-state index in [9.17, 15) is 9.59 Å². The number of aromatic nitrogens is 1. The summed E-state index contributed by atoms with van der Waals surface area (Å²) in [5, 5.41) is 9.01. The van der Waals surface area contributed by atoms with Gasteiger partial charge in [0.2, 0.25) is 0 Å². The number of aryl methyl sites for hydroxylation is 1. The van der Waals surface area contributed by atoms with E-state index in [1.165, 1.54) is 0 Å². The number of nitrogens with zero attached hydrogens (tertiary/aromatic N) is 1. The standard InChI is InChI=1S/C35H42N2O6/c1-22(43-40)19-20-28-32(41-34(38)26-15-9-5-10-16-26)23(2)29(36-28)21-30-24(3)33(31(37-30)25-13-7-4-8-14-25)42-35(39)27-17-11-6-12-18-27/h4,7-8,13-14,21,26-27,36,40H,1,5-6,9-12,15-20H2,2-3H3/b30-21-. The number of rotatable bonds is 10. The quantitative estimate of drug-likeness (QED) is 0.126. The Morgan fingerprint density at radius 2 is 1.56 bits per heavy atom. The van der Waals surface area contributed by atoms with Crippen LogP contribution in [0.3, 0.4) is 0 Å². The molecule has 5 rings (SSSR count). The topological polar surface area (TPSA) is 110 Å². The molecular weight excluding hydrogens is 544 g/mol. The molecule has 0 saturated heterocycles. The van der Waals surface area contributed by atoms with E-state index in [1.54, 1.807) is 0 Å². The van der Waals surface area contributed by atoms with E-state index in [2.05, 4.69) is 16.5 Å². The predicted octanol–water partition coefficient (Wildman–Crippen LogP) is 7.99. The van der Waals surface area contributed by atoms with Crippen molar-refractivity contribution in [1.29, 1.82) is 0 Å². The summed E-state index contributed by atoms with van der Waals surface area (Å²) in [5.74, 6) is 0.590. The Morgan fingerprint density at radius 3 is 2.16 bits per heavy atom. The van der Waals surface area contributed by atoms with Gasteiger partial charge in [-0.15, -0.1) is 0 Å². The van der Waals surface area contributed by atoms with E-state index >= 15 is 0 Å². The highest BCUT2D eigenvalue weighted by Crippen LogP contribution is 2.36. The van der Waals surface area contributed by atoms with Crippen LogP contribution >= 0.6 is 0 Å². The molecule has 2 N–H and O–H groups in total. The number of carbonyl (C=O) groups excluding carboxylic acids is 2. The predicted molar refractivity (Wildman–Crippen MR) is 165 cm³/mol. The molecule has 0 unspecified atom stereocenters. The summed E-state index contributed by atoms with van der Waals surface area (Å²) < 4.78 is 12.1. The molecule has 8 heteroatoms. The van der Waals surface area contributed by atoms with Crippen LogP contribution in [0.15, 0.2) is 64.7 Å². The van der Waals surface area contributed by atoms with Gasteiger partial charge in [0.25, 0.3) is 0 Å². The second kappa shape index (κ2) is 14.0. The minimum absolute atomic E-state index is 0.0913. The van der Waals surface area contributed by atoms with E-state index in [4.69, 9.17) is 19.7 Å². The summed E-state index contributed by atoms with van der Waals surface area (Å²) in [4.78, 5) is 39.0. The van der Waals surface area contributed by atoms with Gasteiger partial charge in [-0.05, 0) is 52.0 Å². The number of hydrogen-bond acceptors (Lipinski definition) is 7. The first-order valence-electron chi connectivity index (χ1n) is 15.6. The third-order valence-electron chi connectivity index (χ3n) is 8.87. The summed E-state index contributed by atoms with van der Waals surface area (Å²) in [6.07, 6.45) is 12.5. The molecule has 0 spiro atoms. The van der Waals surface area contributed by atoms with Crippen molar-refractivity contribution >= 4 is 23.7 Å². The molecule has 228 valence electrons. The Morgan fingerprint density at radius 1 is 0.953 bits per heavy atom. The zero-order valence-electron chi connectivity index (χ0n) is 25.2. The number of hydrogen-bond donors (Lipinski definition) is 2. The van der Waals surface area contributed by atoms with Gasteiger partial charge in [0.05, 0.1) is 23.2 Å². The van der Waals surface area contributed by atoms with Crippen molar-refractivity contribution in [3.05, 3.63) is 82.2 Å². The number of ether oxygens (including phenoxy) is 2. The van der Waals surface area contributed by atoms with Crippen molar-refractivity contribution < 1.29 is 29.2 Å². The molecule has 0 radical (unpaired) electrons. The van der Waals surface area contributed by atoms with Gasteiger partial charge in [0.15, 0.2) is 11.5 Å². The van der Waals surface area contributed by atoms with Gasteiger partial charge in [0, 0.05) is 28.8 Å². The van der Waals surface area contributed by atoms with Gasteiger partial charge < -0.3 is 19.3 Å². The number of H-pyrrole nitrogens is 1. The molecule has 2 saturated carbocycles. The fraction of sp³-hybridized carbons (Fsp3) is 0.457. The molecule has 2 aromatic rings. The maximum Gasteiger partial charge on any atom is 0.314 e. The van der Waals surface area contributed by atoms with Gasteiger partial charge in [-0.2, -0.15) is 0 Å². The molecule has 1 aliphatic heterocycles. The Bertz CT molecular complexity index is 1440. The van der Waals surface area contributed by atoms with Gasteiger partial charge >= 0.3 is 11.9 Å². The lowest BCUT2D eigenvalue weighted by atomic mass is 9.89. The first-order chi connectivity index (χ1) is 20.9. The SMILES string of the molecule is C=C(CCc1[nH]c(/C=C2\N=C(c3ccccc3)C(OC(=O)C3CCCCC3)=C2C)c(C)c1OC(=O)C1CCCCC1)OO. The Hall–Kier alpha value is -3.91. The number of esters is 2. The lowest BCUT2D eigenvalue weighted by Crippen LogP contribution is -2.23. The zero-order chi connectivity index (χ0) is 30.3. The van der Waals surface area contributed by atoms with Gasteiger partial charge in [-0.25, -0.2) is 10.2 Å². The molecule has 2 fully saturated rings. The fourth-order valence-corrected chi connectivity index (χ4v) is 6.22. The van der Waals surface area contributed by atoms with Crippen LogP contribution in [0.1, 0.15) is 100 Å². The number of aromatic amines is 1. The second-order valence-corrected chi connectivity index (χ2v) is 11.9. The third-order valence-corrected chi connectivity index (χ3v) is 8.87. The van der Waals surface area contributed by atoms with Gasteiger partial charge in [0.1, 0.15) is 11.5 Å². The van der Waals surface area contributed by atoms with Crippen LogP contribution in [0, 0.1) is 18.8 Å². The highest BCUT2D eigenvalue weighted by molar-refractivity contribution is 6.16. The Kier molecular flexibility index (Phi) is 9.97. The van der Waals surface area contributed by atoms with Crippen molar-refractivity contribution in [3.8, 4) is 5.75 Å². The highest BCUT2D eigenvalue weighted by Gasteiger charge is 2.31. The average molecular weight is 587 g/mol. The number of aliphatic imine (C=N–C) groups is 1.